The van der Waals surface area contributed by atoms with E-state index in [-0.39, 0.29) is 5.91 Å². The number of fused-ring (bicyclic) bond motifs is 1. The van der Waals surface area contributed by atoms with Crippen LogP contribution in [-0.2, 0) is 11.8 Å². The number of rotatable bonds is 1. The summed E-state index contributed by atoms with van der Waals surface area (Å²) in [5.74, 6) is -0.305. The molecule has 2 N–H and O–H groups in total. The van der Waals surface area contributed by atoms with E-state index >= 15 is 0 Å². The lowest BCUT2D eigenvalue weighted by Crippen LogP contribution is -2.53. The van der Waals surface area contributed by atoms with E-state index in [1.807, 2.05) is 0 Å². The van der Waals surface area contributed by atoms with Crippen molar-refractivity contribution in [1.29, 1.82) is 0 Å². The Labute approximate surface area is 147 Å². The molecule has 8 heteroatoms. The first-order chi connectivity index (χ1) is 11.6. The maximum absolute atomic E-state index is 12.8. The van der Waals surface area contributed by atoms with Gasteiger partial charge in [-0.2, -0.15) is 13.2 Å². The first-order valence-electron chi connectivity index (χ1n) is 7.41. The maximum Gasteiger partial charge on any atom is 0.416 e. The molecule has 132 valence electrons. The Morgan fingerprint density at radius 3 is 2.36 bits per heavy atom. The molecule has 0 bridgehead atoms. The van der Waals surface area contributed by atoms with Gasteiger partial charge in [-0.1, -0.05) is 23.7 Å². The Morgan fingerprint density at radius 2 is 1.76 bits per heavy atom. The quantitative estimate of drug-likeness (QED) is 0.790. The number of alkyl halides is 3. The molecule has 0 radical (unpaired) electrons. The van der Waals surface area contributed by atoms with Gasteiger partial charge in [-0.25, -0.2) is 5.43 Å². The number of hydrogen-bond donors (Lipinski definition) is 2. The van der Waals surface area contributed by atoms with Gasteiger partial charge >= 0.3 is 6.18 Å². The van der Waals surface area contributed by atoms with Crippen LogP contribution in [0.1, 0.15) is 28.4 Å². The van der Waals surface area contributed by atoms with E-state index in [2.05, 4.69) is 10.7 Å². The Balaban J connectivity index is 2.03. The molecular weight excluding hydrogens is 355 g/mol. The van der Waals surface area contributed by atoms with Crippen LogP contribution in [0.25, 0.3) is 0 Å². The number of nitrogens with zero attached hydrogens (tertiary/aromatic N) is 1. The van der Waals surface area contributed by atoms with Crippen molar-refractivity contribution in [2.45, 2.75) is 18.8 Å². The summed E-state index contributed by atoms with van der Waals surface area (Å²) in [6.07, 6.45) is -4.40. The van der Waals surface area contributed by atoms with Crippen molar-refractivity contribution in [2.75, 3.05) is 12.4 Å². The van der Waals surface area contributed by atoms with Crippen LogP contribution in [0.2, 0.25) is 5.02 Å². The predicted molar refractivity (Wildman–Crippen MR) is 89.1 cm³/mol. The minimum absolute atomic E-state index is 0.305. The average molecular weight is 370 g/mol. The van der Waals surface area contributed by atoms with Gasteiger partial charge in [-0.15, -0.1) is 0 Å². The van der Waals surface area contributed by atoms with Gasteiger partial charge < -0.3 is 5.32 Å². The highest BCUT2D eigenvalue weighted by atomic mass is 35.5. The second kappa shape index (κ2) is 5.93. The highest BCUT2D eigenvalue weighted by Gasteiger charge is 2.36. The third kappa shape index (κ3) is 3.29. The number of benzene rings is 2. The Morgan fingerprint density at radius 1 is 1.12 bits per heavy atom. The van der Waals surface area contributed by atoms with Crippen molar-refractivity contribution in [3.05, 3.63) is 64.2 Å². The average Bonchev–Trinajstić information content (AvgIpc) is 2.63. The summed E-state index contributed by atoms with van der Waals surface area (Å²) in [6, 6.07) is 9.63. The molecule has 1 atom stereocenters. The molecule has 2 aromatic rings. The van der Waals surface area contributed by atoms with E-state index in [1.165, 1.54) is 17.1 Å². The van der Waals surface area contributed by atoms with Gasteiger partial charge in [0.05, 0.1) is 11.1 Å². The summed E-state index contributed by atoms with van der Waals surface area (Å²) in [7, 11) is 1.54. The van der Waals surface area contributed by atoms with E-state index < -0.39 is 17.4 Å². The van der Waals surface area contributed by atoms with Gasteiger partial charge in [-0.05, 0) is 42.8 Å². The lowest BCUT2D eigenvalue weighted by molar-refractivity contribution is -0.137. The van der Waals surface area contributed by atoms with Crippen LogP contribution in [0.3, 0.4) is 0 Å². The van der Waals surface area contributed by atoms with Crippen LogP contribution in [-0.4, -0.2) is 18.0 Å². The fourth-order valence-corrected chi connectivity index (χ4v) is 2.97. The van der Waals surface area contributed by atoms with Crippen LogP contribution in [0, 0.1) is 0 Å². The topological polar surface area (TPSA) is 44.4 Å². The smallest absolute Gasteiger partial charge is 0.362 e. The SMILES string of the molecule is CN1NC(C)(c2ccc(C(F)(F)F)cc2)Nc2ccc(Cl)cc2C1=O. The fourth-order valence-electron chi connectivity index (χ4n) is 2.80. The van der Waals surface area contributed by atoms with Gasteiger partial charge in [0.2, 0.25) is 0 Å². The number of anilines is 1. The van der Waals surface area contributed by atoms with Crippen LogP contribution in [0.15, 0.2) is 42.5 Å². The molecule has 0 spiro atoms. The molecule has 1 heterocycles. The summed E-state index contributed by atoms with van der Waals surface area (Å²) in [6.45, 7) is 1.74. The van der Waals surface area contributed by atoms with Crippen molar-refractivity contribution in [1.82, 2.24) is 10.4 Å². The van der Waals surface area contributed by atoms with Gasteiger partial charge in [0.15, 0.2) is 0 Å². The number of carbonyl (C=O) groups excluding carboxylic acids is 1. The van der Waals surface area contributed by atoms with Gasteiger partial charge in [0, 0.05) is 17.8 Å². The van der Waals surface area contributed by atoms with Crippen molar-refractivity contribution in [2.24, 2.45) is 0 Å². The molecule has 25 heavy (non-hydrogen) atoms. The molecular formula is C17H15ClF3N3O. The first kappa shape index (κ1) is 17.6. The van der Waals surface area contributed by atoms with Crippen molar-refractivity contribution in [3.63, 3.8) is 0 Å². The zero-order valence-corrected chi connectivity index (χ0v) is 14.2. The van der Waals surface area contributed by atoms with E-state index in [4.69, 9.17) is 11.6 Å². The minimum Gasteiger partial charge on any atom is -0.362 e. The number of carbonyl (C=O) groups is 1. The lowest BCUT2D eigenvalue weighted by atomic mass is 9.99. The summed E-state index contributed by atoms with van der Waals surface area (Å²) < 4.78 is 38.3. The van der Waals surface area contributed by atoms with Crippen molar-refractivity contribution in [3.8, 4) is 0 Å². The maximum atomic E-state index is 12.8. The van der Waals surface area contributed by atoms with E-state index in [0.717, 1.165) is 12.1 Å². The molecule has 0 aliphatic carbocycles. The molecule has 1 unspecified atom stereocenters. The van der Waals surface area contributed by atoms with Crippen molar-refractivity contribution >= 4 is 23.2 Å². The molecule has 0 aromatic heterocycles. The largest absolute Gasteiger partial charge is 0.416 e. The van der Waals surface area contributed by atoms with Crippen LogP contribution in [0.5, 0.6) is 0 Å². The molecule has 4 nitrogen and oxygen atoms in total. The Kier molecular flexibility index (Phi) is 4.17. The number of amides is 1. The summed E-state index contributed by atoms with van der Waals surface area (Å²) >= 11 is 5.97. The molecule has 1 amide bonds. The fraction of sp³-hybridized carbons (Fsp3) is 0.235. The van der Waals surface area contributed by atoms with Gasteiger partial charge in [-0.3, -0.25) is 9.80 Å². The van der Waals surface area contributed by atoms with E-state index in [1.54, 1.807) is 32.2 Å². The first-order valence-corrected chi connectivity index (χ1v) is 7.79. The molecule has 2 aromatic carbocycles. The lowest BCUT2D eigenvalue weighted by Gasteiger charge is -2.34. The number of hydrogen-bond acceptors (Lipinski definition) is 3. The molecule has 1 aliphatic rings. The molecule has 3 rings (SSSR count). The van der Waals surface area contributed by atoms with Gasteiger partial charge in [0.1, 0.15) is 5.66 Å². The second-order valence-corrected chi connectivity index (χ2v) is 6.43. The second-order valence-electron chi connectivity index (χ2n) is 5.99. The Bertz CT molecular complexity index is 823. The van der Waals surface area contributed by atoms with Crippen LogP contribution < -0.4 is 10.7 Å². The minimum atomic E-state index is -4.40. The van der Waals surface area contributed by atoms with Crippen molar-refractivity contribution < 1.29 is 18.0 Å². The highest BCUT2D eigenvalue weighted by molar-refractivity contribution is 6.31. The Hall–Kier alpha value is -2.25. The number of halogens is 4. The monoisotopic (exact) mass is 369 g/mol. The van der Waals surface area contributed by atoms with Gasteiger partial charge in [0.25, 0.3) is 5.91 Å². The summed E-state index contributed by atoms with van der Waals surface area (Å²) in [5.41, 5.74) is 2.72. The number of nitrogens with one attached hydrogen (secondary N) is 2. The zero-order valence-electron chi connectivity index (χ0n) is 13.4. The highest BCUT2D eigenvalue weighted by Crippen LogP contribution is 2.34. The molecule has 0 saturated carbocycles. The zero-order chi connectivity index (χ0) is 18.4. The van der Waals surface area contributed by atoms with E-state index in [9.17, 15) is 18.0 Å². The van der Waals surface area contributed by atoms with Crippen LogP contribution in [0.4, 0.5) is 18.9 Å². The van der Waals surface area contributed by atoms with E-state index in [0.29, 0.717) is 21.8 Å². The standard InChI is InChI=1S/C17H15ClF3N3O/c1-16(10-3-5-11(6-4-10)17(19,20)21)22-14-8-7-12(18)9-13(14)15(25)24(2)23-16/h3-9,22-23H,1-2H3. The summed E-state index contributed by atoms with van der Waals surface area (Å²) in [5, 5.41) is 4.89. The number of hydrazine groups is 1. The third-order valence-corrected chi connectivity index (χ3v) is 4.32. The predicted octanol–water partition coefficient (Wildman–Crippen LogP) is 4.23. The molecule has 0 fully saturated rings. The molecule has 1 aliphatic heterocycles. The summed E-state index contributed by atoms with van der Waals surface area (Å²) in [4.78, 5) is 12.5. The molecule has 0 saturated heterocycles. The normalized spacial score (nSPS) is 20.7. The third-order valence-electron chi connectivity index (χ3n) is 4.08. The van der Waals surface area contributed by atoms with Crippen LogP contribution >= 0.6 is 11.6 Å².